The Hall–Kier alpha value is -1.74. The van der Waals surface area contributed by atoms with Gasteiger partial charge in [-0.15, -0.1) is 0 Å². The second-order valence-corrected chi connectivity index (χ2v) is 6.15. The lowest BCUT2D eigenvalue weighted by molar-refractivity contribution is 0.553. The largest absolute Gasteiger partial charge is 0.396 e. The van der Waals surface area contributed by atoms with E-state index in [1.807, 2.05) is 0 Å². The zero-order valence-electron chi connectivity index (χ0n) is 9.77. The average Bonchev–Trinajstić information content (AvgIpc) is 2.36. The summed E-state index contributed by atoms with van der Waals surface area (Å²) in [6.45, 7) is 0. The monoisotopic (exact) mass is 363 g/mol. The lowest BCUT2D eigenvalue weighted by atomic mass is 10.3. The maximum atomic E-state index is 13.6. The van der Waals surface area contributed by atoms with Crippen molar-refractivity contribution in [2.75, 3.05) is 10.5 Å². The van der Waals surface area contributed by atoms with Crippen molar-refractivity contribution in [3.63, 3.8) is 0 Å². The summed E-state index contributed by atoms with van der Waals surface area (Å²) in [6, 6.07) is 4.07. The van der Waals surface area contributed by atoms with Crippen molar-refractivity contribution in [1.82, 2.24) is 4.98 Å². The Morgan fingerprint density at radius 1 is 1.25 bits per heavy atom. The van der Waals surface area contributed by atoms with Crippen LogP contribution in [0.3, 0.4) is 0 Å². The van der Waals surface area contributed by atoms with Gasteiger partial charge in [0.15, 0.2) is 0 Å². The third kappa shape index (κ3) is 2.88. The summed E-state index contributed by atoms with van der Waals surface area (Å²) in [7, 11) is -4.25. The molecule has 0 spiro atoms. The first kappa shape index (κ1) is 14.7. The molecule has 2 aromatic rings. The van der Waals surface area contributed by atoms with Gasteiger partial charge in [0.1, 0.15) is 21.1 Å². The standard InChI is InChI=1S/C11H8BrF2N3O2S/c12-11-9(2-1-3-16-11)17-20(18,19)10-5-8(15)6(13)4-7(10)14/h1-5,17H,15H2. The van der Waals surface area contributed by atoms with E-state index in [1.165, 1.54) is 18.3 Å². The summed E-state index contributed by atoms with van der Waals surface area (Å²) in [5.74, 6) is -2.26. The van der Waals surface area contributed by atoms with Crippen LogP contribution in [-0.2, 0) is 10.0 Å². The van der Waals surface area contributed by atoms with Gasteiger partial charge in [-0.3, -0.25) is 4.72 Å². The number of hydrogen-bond donors (Lipinski definition) is 2. The summed E-state index contributed by atoms with van der Waals surface area (Å²) in [6.07, 6.45) is 1.44. The number of benzene rings is 1. The molecule has 1 aromatic carbocycles. The van der Waals surface area contributed by atoms with Crippen LogP contribution in [0.2, 0.25) is 0 Å². The van der Waals surface area contributed by atoms with Gasteiger partial charge >= 0.3 is 0 Å². The molecule has 0 atom stereocenters. The Morgan fingerprint density at radius 2 is 1.95 bits per heavy atom. The number of anilines is 2. The van der Waals surface area contributed by atoms with E-state index in [4.69, 9.17) is 5.73 Å². The topological polar surface area (TPSA) is 85.1 Å². The van der Waals surface area contributed by atoms with Crippen molar-refractivity contribution in [3.8, 4) is 0 Å². The molecule has 3 N–H and O–H groups in total. The van der Waals surface area contributed by atoms with Crippen LogP contribution in [-0.4, -0.2) is 13.4 Å². The van der Waals surface area contributed by atoms with E-state index < -0.39 is 32.2 Å². The van der Waals surface area contributed by atoms with Crippen LogP contribution in [0.1, 0.15) is 0 Å². The lowest BCUT2D eigenvalue weighted by Crippen LogP contribution is -2.16. The van der Waals surface area contributed by atoms with Crippen LogP contribution >= 0.6 is 15.9 Å². The van der Waals surface area contributed by atoms with Crippen molar-refractivity contribution in [1.29, 1.82) is 0 Å². The summed E-state index contributed by atoms with van der Waals surface area (Å²) in [4.78, 5) is 3.08. The van der Waals surface area contributed by atoms with Crippen molar-refractivity contribution >= 4 is 37.3 Å². The van der Waals surface area contributed by atoms with E-state index in [0.717, 1.165) is 6.07 Å². The minimum atomic E-state index is -4.25. The number of nitrogens with two attached hydrogens (primary N) is 1. The Bertz CT molecular complexity index is 768. The lowest BCUT2D eigenvalue weighted by Gasteiger charge is -2.10. The summed E-state index contributed by atoms with van der Waals surface area (Å²) in [5, 5.41) is 0. The third-order valence-electron chi connectivity index (χ3n) is 2.34. The van der Waals surface area contributed by atoms with Gasteiger partial charge in [-0.25, -0.2) is 22.2 Å². The molecule has 0 bridgehead atoms. The SMILES string of the molecule is Nc1cc(S(=O)(=O)Nc2cccnc2Br)c(F)cc1F. The highest BCUT2D eigenvalue weighted by Gasteiger charge is 2.22. The Balaban J connectivity index is 2.47. The molecule has 1 aromatic heterocycles. The van der Waals surface area contributed by atoms with Gasteiger partial charge in [0.05, 0.1) is 11.4 Å². The maximum absolute atomic E-state index is 13.6. The summed E-state index contributed by atoms with van der Waals surface area (Å²) < 4.78 is 53.1. The van der Waals surface area contributed by atoms with Crippen LogP contribution in [0.25, 0.3) is 0 Å². The van der Waals surface area contributed by atoms with Crippen molar-refractivity contribution < 1.29 is 17.2 Å². The first-order valence-corrected chi connectivity index (χ1v) is 7.47. The Kier molecular flexibility index (Phi) is 3.91. The molecular formula is C11H8BrF2N3O2S. The number of nitrogens with zero attached hydrogens (tertiary/aromatic N) is 1. The zero-order chi connectivity index (χ0) is 14.9. The molecule has 5 nitrogen and oxygen atoms in total. The van der Waals surface area contributed by atoms with Crippen molar-refractivity contribution in [3.05, 3.63) is 46.7 Å². The number of nitrogen functional groups attached to an aromatic ring is 1. The first-order chi connectivity index (χ1) is 9.31. The molecule has 9 heteroatoms. The van der Waals surface area contributed by atoms with Gasteiger partial charge in [-0.2, -0.15) is 0 Å². The van der Waals surface area contributed by atoms with Gasteiger partial charge in [-0.05, 0) is 34.1 Å². The number of hydrogen-bond acceptors (Lipinski definition) is 4. The van der Waals surface area contributed by atoms with E-state index in [9.17, 15) is 17.2 Å². The molecule has 2 rings (SSSR count). The van der Waals surface area contributed by atoms with Gasteiger partial charge < -0.3 is 5.73 Å². The zero-order valence-corrected chi connectivity index (χ0v) is 12.2. The summed E-state index contributed by atoms with van der Waals surface area (Å²) >= 11 is 3.05. The van der Waals surface area contributed by atoms with E-state index in [2.05, 4.69) is 25.6 Å². The molecule has 0 saturated carbocycles. The fourth-order valence-electron chi connectivity index (χ4n) is 1.41. The Morgan fingerprint density at radius 3 is 2.60 bits per heavy atom. The molecule has 0 aliphatic heterocycles. The minimum absolute atomic E-state index is 0.120. The molecule has 0 amide bonds. The number of pyridine rings is 1. The molecule has 0 aliphatic rings. The number of rotatable bonds is 3. The highest BCUT2D eigenvalue weighted by Crippen LogP contribution is 2.25. The van der Waals surface area contributed by atoms with E-state index in [-0.39, 0.29) is 10.3 Å². The number of halogens is 3. The number of aromatic nitrogens is 1. The van der Waals surface area contributed by atoms with E-state index in [0.29, 0.717) is 6.07 Å². The molecular weight excluding hydrogens is 356 g/mol. The molecule has 0 aliphatic carbocycles. The molecule has 0 unspecified atom stereocenters. The number of nitrogens with one attached hydrogen (secondary N) is 1. The molecule has 1 heterocycles. The third-order valence-corrected chi connectivity index (χ3v) is 4.36. The first-order valence-electron chi connectivity index (χ1n) is 5.19. The van der Waals surface area contributed by atoms with Crippen LogP contribution in [0, 0.1) is 11.6 Å². The highest BCUT2D eigenvalue weighted by molar-refractivity contribution is 9.10. The summed E-state index contributed by atoms with van der Waals surface area (Å²) in [5.41, 5.74) is 4.91. The normalized spacial score (nSPS) is 11.3. The maximum Gasteiger partial charge on any atom is 0.264 e. The fourth-order valence-corrected chi connectivity index (χ4v) is 3.06. The smallest absolute Gasteiger partial charge is 0.264 e. The van der Waals surface area contributed by atoms with Crippen molar-refractivity contribution in [2.45, 2.75) is 4.90 Å². The van der Waals surface area contributed by atoms with Crippen LogP contribution in [0.5, 0.6) is 0 Å². The van der Waals surface area contributed by atoms with Gasteiger partial charge in [0.2, 0.25) is 0 Å². The molecule has 0 radical (unpaired) electrons. The average molecular weight is 364 g/mol. The predicted octanol–water partition coefficient (Wildman–Crippen LogP) is 2.51. The predicted molar refractivity (Wildman–Crippen MR) is 73.5 cm³/mol. The van der Waals surface area contributed by atoms with Crippen LogP contribution in [0.4, 0.5) is 20.2 Å². The van der Waals surface area contributed by atoms with Crippen molar-refractivity contribution in [2.24, 2.45) is 0 Å². The van der Waals surface area contributed by atoms with Gasteiger partial charge in [0, 0.05) is 12.3 Å². The molecule has 0 fully saturated rings. The number of sulfonamides is 1. The van der Waals surface area contributed by atoms with E-state index >= 15 is 0 Å². The van der Waals surface area contributed by atoms with Gasteiger partial charge in [-0.1, -0.05) is 0 Å². The second-order valence-electron chi connectivity index (χ2n) is 3.75. The second kappa shape index (κ2) is 5.33. The molecule has 106 valence electrons. The fraction of sp³-hybridized carbons (Fsp3) is 0. The highest BCUT2D eigenvalue weighted by atomic mass is 79.9. The van der Waals surface area contributed by atoms with Gasteiger partial charge in [0.25, 0.3) is 10.0 Å². The quantitative estimate of drug-likeness (QED) is 0.648. The van der Waals surface area contributed by atoms with Crippen LogP contribution in [0.15, 0.2) is 40.0 Å². The van der Waals surface area contributed by atoms with Crippen LogP contribution < -0.4 is 10.5 Å². The molecule has 20 heavy (non-hydrogen) atoms. The Labute approximate surface area is 122 Å². The molecule has 0 saturated heterocycles. The minimum Gasteiger partial charge on any atom is -0.396 e. The van der Waals surface area contributed by atoms with E-state index in [1.54, 1.807) is 0 Å².